The molecule has 0 amide bonds. The van der Waals surface area contributed by atoms with Crippen molar-refractivity contribution in [1.29, 1.82) is 0 Å². The number of hydrogen-bond acceptors (Lipinski definition) is 3. The van der Waals surface area contributed by atoms with Crippen LogP contribution in [0.3, 0.4) is 0 Å². The van der Waals surface area contributed by atoms with Crippen molar-refractivity contribution in [2.45, 2.75) is 51.6 Å². The molecule has 5 heteroatoms. The van der Waals surface area contributed by atoms with Gasteiger partial charge in [0.25, 0.3) is 0 Å². The Kier molecular flexibility index (Phi) is 4.52. The van der Waals surface area contributed by atoms with E-state index in [9.17, 15) is 4.39 Å². The molecule has 1 aliphatic heterocycles. The standard InChI is InChI=1S/C15H22BFO2S/c1-6-20-10-11-7-12(9-13(17)8-11)16-18-14(2,3)15(4,5)19-16/h7-9H,6,10H2,1-5H3. The van der Waals surface area contributed by atoms with Crippen LogP contribution < -0.4 is 5.46 Å². The second kappa shape index (κ2) is 5.70. The molecule has 1 saturated heterocycles. The highest BCUT2D eigenvalue weighted by Gasteiger charge is 2.51. The lowest BCUT2D eigenvalue weighted by Crippen LogP contribution is -2.41. The highest BCUT2D eigenvalue weighted by atomic mass is 32.2. The van der Waals surface area contributed by atoms with E-state index in [-0.39, 0.29) is 5.82 Å². The Hall–Kier alpha value is -0.515. The van der Waals surface area contributed by atoms with Gasteiger partial charge in [-0.15, -0.1) is 0 Å². The number of benzene rings is 1. The molecule has 0 bridgehead atoms. The van der Waals surface area contributed by atoms with Crippen molar-refractivity contribution in [2.24, 2.45) is 0 Å². The molecule has 2 rings (SSSR count). The van der Waals surface area contributed by atoms with Crippen LogP contribution >= 0.6 is 11.8 Å². The van der Waals surface area contributed by atoms with Crippen molar-refractivity contribution in [3.63, 3.8) is 0 Å². The fourth-order valence-corrected chi connectivity index (χ4v) is 2.70. The number of thioether (sulfide) groups is 1. The number of halogens is 1. The van der Waals surface area contributed by atoms with Crippen molar-refractivity contribution >= 4 is 24.3 Å². The topological polar surface area (TPSA) is 18.5 Å². The summed E-state index contributed by atoms with van der Waals surface area (Å²) in [6.07, 6.45) is 0. The van der Waals surface area contributed by atoms with Gasteiger partial charge in [-0.3, -0.25) is 0 Å². The molecule has 0 aliphatic carbocycles. The molecule has 0 unspecified atom stereocenters. The number of rotatable bonds is 4. The second-order valence-corrected chi connectivity index (χ2v) is 7.39. The van der Waals surface area contributed by atoms with Crippen LogP contribution in [0.2, 0.25) is 0 Å². The van der Waals surface area contributed by atoms with Crippen LogP contribution in [0.1, 0.15) is 40.2 Å². The van der Waals surface area contributed by atoms with Crippen LogP contribution in [0.15, 0.2) is 18.2 Å². The minimum Gasteiger partial charge on any atom is -0.399 e. The first-order valence-corrected chi connectivity index (χ1v) is 8.13. The fourth-order valence-electron chi connectivity index (χ4n) is 2.09. The van der Waals surface area contributed by atoms with Gasteiger partial charge in [-0.25, -0.2) is 4.39 Å². The highest BCUT2D eigenvalue weighted by Crippen LogP contribution is 2.36. The molecule has 0 spiro atoms. The van der Waals surface area contributed by atoms with Gasteiger partial charge in [0, 0.05) is 5.75 Å². The molecule has 1 aromatic carbocycles. The quantitative estimate of drug-likeness (QED) is 0.794. The molecule has 0 aromatic heterocycles. The Labute approximate surface area is 125 Å². The second-order valence-electron chi connectivity index (χ2n) is 6.12. The molecular weight excluding hydrogens is 274 g/mol. The highest BCUT2D eigenvalue weighted by molar-refractivity contribution is 7.98. The van der Waals surface area contributed by atoms with Crippen molar-refractivity contribution in [3.8, 4) is 0 Å². The monoisotopic (exact) mass is 296 g/mol. The summed E-state index contributed by atoms with van der Waals surface area (Å²) in [5.74, 6) is 1.59. The molecule has 0 radical (unpaired) electrons. The number of hydrogen-bond donors (Lipinski definition) is 0. The van der Waals surface area contributed by atoms with E-state index in [0.29, 0.717) is 0 Å². The van der Waals surface area contributed by atoms with Gasteiger partial charge in [0.2, 0.25) is 0 Å². The Morgan fingerprint density at radius 1 is 1.10 bits per heavy atom. The zero-order valence-corrected chi connectivity index (χ0v) is 13.6. The van der Waals surface area contributed by atoms with E-state index < -0.39 is 18.3 Å². The third-order valence-electron chi connectivity index (χ3n) is 3.98. The minimum absolute atomic E-state index is 0.232. The molecule has 110 valence electrons. The Bertz CT molecular complexity index is 475. The lowest BCUT2D eigenvalue weighted by molar-refractivity contribution is 0.00578. The van der Waals surface area contributed by atoms with E-state index >= 15 is 0 Å². The van der Waals surface area contributed by atoms with E-state index in [0.717, 1.165) is 22.5 Å². The van der Waals surface area contributed by atoms with Gasteiger partial charge in [-0.2, -0.15) is 11.8 Å². The van der Waals surface area contributed by atoms with Gasteiger partial charge in [-0.1, -0.05) is 13.0 Å². The first-order valence-electron chi connectivity index (χ1n) is 6.98. The van der Waals surface area contributed by atoms with Crippen LogP contribution in [0.25, 0.3) is 0 Å². The Morgan fingerprint density at radius 2 is 1.70 bits per heavy atom. The van der Waals surface area contributed by atoms with Gasteiger partial charge in [0.15, 0.2) is 0 Å². The summed E-state index contributed by atoms with van der Waals surface area (Å²) < 4.78 is 25.7. The van der Waals surface area contributed by atoms with Gasteiger partial charge in [0.05, 0.1) is 11.2 Å². The molecule has 2 nitrogen and oxygen atoms in total. The normalized spacial score (nSPS) is 20.4. The molecule has 20 heavy (non-hydrogen) atoms. The molecule has 1 aliphatic rings. The summed E-state index contributed by atoms with van der Waals surface area (Å²) in [4.78, 5) is 0. The van der Waals surface area contributed by atoms with E-state index in [1.165, 1.54) is 6.07 Å². The van der Waals surface area contributed by atoms with Crippen molar-refractivity contribution < 1.29 is 13.7 Å². The maximum Gasteiger partial charge on any atom is 0.494 e. The third kappa shape index (κ3) is 3.21. The van der Waals surface area contributed by atoms with Gasteiger partial charge in [0.1, 0.15) is 5.82 Å². The lowest BCUT2D eigenvalue weighted by atomic mass is 9.78. The molecule has 0 saturated carbocycles. The molecular formula is C15H22BFO2S. The lowest BCUT2D eigenvalue weighted by Gasteiger charge is -2.32. The SMILES string of the molecule is CCSCc1cc(F)cc(B2OC(C)(C)C(C)(C)O2)c1. The molecule has 1 heterocycles. The van der Waals surface area contributed by atoms with Gasteiger partial charge >= 0.3 is 7.12 Å². The summed E-state index contributed by atoms with van der Waals surface area (Å²) in [7, 11) is -0.499. The average molecular weight is 296 g/mol. The minimum atomic E-state index is -0.499. The Balaban J connectivity index is 2.23. The van der Waals surface area contributed by atoms with Gasteiger partial charge in [-0.05, 0) is 56.6 Å². The van der Waals surface area contributed by atoms with E-state index in [1.807, 2.05) is 33.8 Å². The smallest absolute Gasteiger partial charge is 0.399 e. The first-order chi connectivity index (χ1) is 9.25. The zero-order chi connectivity index (χ0) is 15.0. The van der Waals surface area contributed by atoms with E-state index in [4.69, 9.17) is 9.31 Å². The third-order valence-corrected chi connectivity index (χ3v) is 4.92. The van der Waals surface area contributed by atoms with Crippen molar-refractivity contribution in [1.82, 2.24) is 0 Å². The van der Waals surface area contributed by atoms with Crippen LogP contribution in [0, 0.1) is 5.82 Å². The predicted molar refractivity (Wildman–Crippen MR) is 84.0 cm³/mol. The average Bonchev–Trinajstić information content (AvgIpc) is 2.55. The van der Waals surface area contributed by atoms with Crippen molar-refractivity contribution in [2.75, 3.05) is 5.75 Å². The predicted octanol–water partition coefficient (Wildman–Crippen LogP) is 3.38. The summed E-state index contributed by atoms with van der Waals surface area (Å²) in [5.41, 5.74) is 0.932. The maximum atomic E-state index is 13.8. The van der Waals surface area contributed by atoms with Crippen LogP contribution in [0.4, 0.5) is 4.39 Å². The molecule has 1 aromatic rings. The van der Waals surface area contributed by atoms with E-state index in [1.54, 1.807) is 17.8 Å². The summed E-state index contributed by atoms with van der Waals surface area (Å²) in [6, 6.07) is 5.06. The summed E-state index contributed by atoms with van der Waals surface area (Å²) in [6.45, 7) is 10.1. The zero-order valence-electron chi connectivity index (χ0n) is 12.8. The van der Waals surface area contributed by atoms with E-state index in [2.05, 4.69) is 6.92 Å². The van der Waals surface area contributed by atoms with Crippen LogP contribution in [0.5, 0.6) is 0 Å². The van der Waals surface area contributed by atoms with Crippen LogP contribution in [-0.4, -0.2) is 24.1 Å². The summed E-state index contributed by atoms with van der Waals surface area (Å²) >= 11 is 1.77. The van der Waals surface area contributed by atoms with Gasteiger partial charge < -0.3 is 9.31 Å². The largest absolute Gasteiger partial charge is 0.494 e. The first kappa shape index (κ1) is 15.9. The summed E-state index contributed by atoms with van der Waals surface area (Å²) in [5, 5.41) is 0. The van der Waals surface area contributed by atoms with Crippen molar-refractivity contribution in [3.05, 3.63) is 29.6 Å². The Morgan fingerprint density at radius 3 is 2.25 bits per heavy atom. The fraction of sp³-hybridized carbons (Fsp3) is 0.600. The van der Waals surface area contributed by atoms with Crippen LogP contribution in [-0.2, 0) is 15.1 Å². The molecule has 0 atom stereocenters. The molecule has 1 fully saturated rings. The maximum absolute atomic E-state index is 13.8. The molecule has 0 N–H and O–H groups in total.